The largest absolute Gasteiger partial charge is 0.481 e. The number of benzene rings is 1. The minimum Gasteiger partial charge on any atom is -0.481 e. The molecule has 8 heteroatoms. The maximum absolute atomic E-state index is 14.8. The summed E-state index contributed by atoms with van der Waals surface area (Å²) in [5, 5.41) is 14.6. The number of hydrogen-bond acceptors (Lipinski definition) is 4. The Kier molecular flexibility index (Phi) is 7.30. The summed E-state index contributed by atoms with van der Waals surface area (Å²) in [7, 11) is 0. The van der Waals surface area contributed by atoms with Gasteiger partial charge < -0.3 is 20.3 Å². The normalized spacial score (nSPS) is 13.5. The lowest BCUT2D eigenvalue weighted by Crippen LogP contribution is -2.31. The predicted molar refractivity (Wildman–Crippen MR) is 118 cm³/mol. The van der Waals surface area contributed by atoms with Gasteiger partial charge in [0.25, 0.3) is 5.91 Å². The minimum absolute atomic E-state index is 0.0448. The molecular formula is C23H30FN3O4. The summed E-state index contributed by atoms with van der Waals surface area (Å²) in [6.45, 7) is 4.90. The third-order valence-corrected chi connectivity index (χ3v) is 5.83. The van der Waals surface area contributed by atoms with E-state index in [0.717, 1.165) is 25.7 Å². The van der Waals surface area contributed by atoms with Crippen molar-refractivity contribution in [2.45, 2.75) is 58.4 Å². The van der Waals surface area contributed by atoms with Crippen molar-refractivity contribution in [3.63, 3.8) is 0 Å². The number of halogens is 1. The molecule has 0 radical (unpaired) electrons. The van der Waals surface area contributed by atoms with Gasteiger partial charge in [0.2, 0.25) is 5.43 Å². The molecule has 0 bridgehead atoms. The van der Waals surface area contributed by atoms with Gasteiger partial charge in [-0.25, -0.2) is 4.39 Å². The first-order valence-electron chi connectivity index (χ1n) is 11.0. The molecule has 0 aliphatic heterocycles. The van der Waals surface area contributed by atoms with E-state index in [-0.39, 0.29) is 36.4 Å². The van der Waals surface area contributed by atoms with Gasteiger partial charge in [-0.15, -0.1) is 0 Å². The second-order valence-corrected chi connectivity index (χ2v) is 8.18. The Bertz CT molecular complexity index is 1030. The van der Waals surface area contributed by atoms with Crippen molar-refractivity contribution < 1.29 is 19.1 Å². The first-order chi connectivity index (χ1) is 14.8. The van der Waals surface area contributed by atoms with Gasteiger partial charge >= 0.3 is 5.97 Å². The van der Waals surface area contributed by atoms with E-state index in [0.29, 0.717) is 23.7 Å². The number of pyridine rings is 1. The van der Waals surface area contributed by atoms with E-state index >= 15 is 0 Å². The summed E-state index contributed by atoms with van der Waals surface area (Å²) >= 11 is 0. The van der Waals surface area contributed by atoms with Gasteiger partial charge in [0, 0.05) is 37.1 Å². The average Bonchev–Trinajstić information content (AvgIpc) is 3.56. The monoisotopic (exact) mass is 431 g/mol. The standard InChI is InChI=1S/C23H30FN3O4/c1-3-15(4-2)27-13-17(23(31)25-9-5-6-21(28)29)22(30)16-10-18(24)19(11-20(16)27)26-12-14-7-8-14/h10-11,13-15,26H,3-9,12H2,1-2H3,(H,25,31)(H,28,29). The van der Waals surface area contributed by atoms with Crippen LogP contribution in [0.5, 0.6) is 0 Å². The van der Waals surface area contributed by atoms with Gasteiger partial charge in [0.15, 0.2) is 0 Å². The number of carboxylic acid groups (broad SMARTS) is 1. The first kappa shape index (κ1) is 22.8. The molecule has 1 aromatic carbocycles. The van der Waals surface area contributed by atoms with Crippen LogP contribution in [0.2, 0.25) is 0 Å². The van der Waals surface area contributed by atoms with Crippen LogP contribution in [0.15, 0.2) is 23.1 Å². The van der Waals surface area contributed by atoms with Crippen molar-refractivity contribution in [3.05, 3.63) is 39.9 Å². The Morgan fingerprint density at radius 2 is 1.97 bits per heavy atom. The third-order valence-electron chi connectivity index (χ3n) is 5.83. The number of carbonyl (C=O) groups is 2. The fourth-order valence-corrected chi connectivity index (χ4v) is 3.76. The summed E-state index contributed by atoms with van der Waals surface area (Å²) in [5.41, 5.74) is 0.374. The summed E-state index contributed by atoms with van der Waals surface area (Å²) in [5.74, 6) is -1.46. The van der Waals surface area contributed by atoms with Gasteiger partial charge in [-0.1, -0.05) is 13.8 Å². The van der Waals surface area contributed by atoms with Crippen LogP contribution in [0.4, 0.5) is 10.1 Å². The van der Waals surface area contributed by atoms with Crippen molar-refractivity contribution in [1.82, 2.24) is 9.88 Å². The molecule has 1 heterocycles. The zero-order valence-electron chi connectivity index (χ0n) is 18.0. The molecule has 31 heavy (non-hydrogen) atoms. The van der Waals surface area contributed by atoms with Crippen LogP contribution in [0.1, 0.15) is 68.8 Å². The van der Waals surface area contributed by atoms with Crippen LogP contribution in [0.25, 0.3) is 10.9 Å². The highest BCUT2D eigenvalue weighted by molar-refractivity contribution is 5.97. The van der Waals surface area contributed by atoms with E-state index in [9.17, 15) is 18.8 Å². The quantitative estimate of drug-likeness (QED) is 0.468. The fraction of sp³-hybridized carbons (Fsp3) is 0.522. The zero-order chi connectivity index (χ0) is 22.5. The second kappa shape index (κ2) is 9.94. The third kappa shape index (κ3) is 5.42. The van der Waals surface area contributed by atoms with E-state index in [1.165, 1.54) is 6.07 Å². The average molecular weight is 432 g/mol. The van der Waals surface area contributed by atoms with E-state index in [1.807, 2.05) is 18.4 Å². The zero-order valence-corrected chi connectivity index (χ0v) is 18.0. The number of nitrogens with zero attached hydrogens (tertiary/aromatic N) is 1. The molecule has 3 N–H and O–H groups in total. The number of anilines is 1. The lowest BCUT2D eigenvalue weighted by atomic mass is 10.1. The molecule has 0 spiro atoms. The lowest BCUT2D eigenvalue weighted by molar-refractivity contribution is -0.137. The molecule has 1 saturated carbocycles. The summed E-state index contributed by atoms with van der Waals surface area (Å²) in [6, 6.07) is 2.93. The Balaban J connectivity index is 2.00. The SMILES string of the molecule is CCC(CC)n1cc(C(=O)NCCCC(=O)O)c(=O)c2cc(F)c(NCC3CC3)cc21. The molecule has 1 aliphatic carbocycles. The Morgan fingerprint density at radius 1 is 1.26 bits per heavy atom. The molecule has 7 nitrogen and oxygen atoms in total. The topological polar surface area (TPSA) is 100 Å². The highest BCUT2D eigenvalue weighted by Crippen LogP contribution is 2.31. The van der Waals surface area contributed by atoms with Crippen molar-refractivity contribution in [2.24, 2.45) is 5.92 Å². The van der Waals surface area contributed by atoms with Crippen LogP contribution in [0, 0.1) is 11.7 Å². The lowest BCUT2D eigenvalue weighted by Gasteiger charge is -2.22. The first-order valence-corrected chi connectivity index (χ1v) is 11.0. The smallest absolute Gasteiger partial charge is 0.303 e. The van der Waals surface area contributed by atoms with Crippen molar-refractivity contribution in [1.29, 1.82) is 0 Å². The maximum atomic E-state index is 14.8. The van der Waals surface area contributed by atoms with Crippen LogP contribution >= 0.6 is 0 Å². The summed E-state index contributed by atoms with van der Waals surface area (Å²) in [6.07, 6.45) is 5.61. The Morgan fingerprint density at radius 3 is 2.58 bits per heavy atom. The predicted octanol–water partition coefficient (Wildman–Crippen LogP) is 3.92. The van der Waals surface area contributed by atoms with E-state index < -0.39 is 23.1 Å². The highest BCUT2D eigenvalue weighted by atomic mass is 19.1. The molecule has 1 aromatic heterocycles. The summed E-state index contributed by atoms with van der Waals surface area (Å²) < 4.78 is 16.7. The van der Waals surface area contributed by atoms with Crippen LogP contribution in [-0.2, 0) is 4.79 Å². The van der Waals surface area contributed by atoms with Gasteiger partial charge in [0.05, 0.1) is 11.2 Å². The number of fused-ring (bicyclic) bond motifs is 1. The number of nitrogens with one attached hydrogen (secondary N) is 2. The molecule has 1 amide bonds. The molecule has 0 atom stereocenters. The van der Waals surface area contributed by atoms with E-state index in [2.05, 4.69) is 10.6 Å². The molecule has 0 saturated heterocycles. The molecule has 1 aliphatic rings. The molecular weight excluding hydrogens is 401 g/mol. The number of amides is 1. The summed E-state index contributed by atoms with van der Waals surface area (Å²) in [4.78, 5) is 36.4. The van der Waals surface area contributed by atoms with E-state index in [4.69, 9.17) is 5.11 Å². The molecule has 2 aromatic rings. The van der Waals surface area contributed by atoms with Crippen LogP contribution in [0.3, 0.4) is 0 Å². The Labute approximate surface area is 180 Å². The van der Waals surface area contributed by atoms with Crippen molar-refractivity contribution in [2.75, 3.05) is 18.4 Å². The maximum Gasteiger partial charge on any atom is 0.303 e. The Hall–Kier alpha value is -2.90. The van der Waals surface area contributed by atoms with Gasteiger partial charge in [-0.3, -0.25) is 14.4 Å². The number of carboxylic acids is 1. The van der Waals surface area contributed by atoms with Crippen molar-refractivity contribution >= 4 is 28.5 Å². The molecule has 0 unspecified atom stereocenters. The molecule has 1 fully saturated rings. The molecule has 168 valence electrons. The van der Waals surface area contributed by atoms with Crippen LogP contribution < -0.4 is 16.1 Å². The number of aromatic nitrogens is 1. The second-order valence-electron chi connectivity index (χ2n) is 8.18. The number of aliphatic carboxylic acids is 1. The highest BCUT2D eigenvalue weighted by Gasteiger charge is 2.23. The number of carbonyl (C=O) groups excluding carboxylic acids is 1. The number of hydrogen-bond donors (Lipinski definition) is 3. The minimum atomic E-state index is -0.947. The van der Waals surface area contributed by atoms with Gasteiger partial charge in [-0.05, 0) is 50.2 Å². The fourth-order valence-electron chi connectivity index (χ4n) is 3.76. The number of rotatable bonds is 11. The van der Waals surface area contributed by atoms with Gasteiger partial charge in [-0.2, -0.15) is 0 Å². The molecule has 3 rings (SSSR count). The van der Waals surface area contributed by atoms with Crippen LogP contribution in [-0.4, -0.2) is 34.6 Å². The van der Waals surface area contributed by atoms with Gasteiger partial charge in [0.1, 0.15) is 11.4 Å². The van der Waals surface area contributed by atoms with E-state index in [1.54, 1.807) is 12.3 Å². The van der Waals surface area contributed by atoms with Crippen molar-refractivity contribution in [3.8, 4) is 0 Å².